The molecule has 0 saturated heterocycles. The van der Waals surface area contributed by atoms with E-state index in [1.54, 1.807) is 0 Å². The van der Waals surface area contributed by atoms with Crippen LogP contribution in [0, 0.1) is 0 Å². The lowest BCUT2D eigenvalue weighted by atomic mass is 9.89. The fourth-order valence-electron chi connectivity index (χ4n) is 3.79. The third kappa shape index (κ3) is 1.77. The van der Waals surface area contributed by atoms with Crippen LogP contribution in [0.4, 0.5) is 0 Å². The predicted molar refractivity (Wildman–Crippen MR) is 97.7 cm³/mol. The van der Waals surface area contributed by atoms with Gasteiger partial charge in [-0.25, -0.2) is 0 Å². The van der Waals surface area contributed by atoms with Gasteiger partial charge in [0, 0.05) is 0 Å². The van der Waals surface area contributed by atoms with Crippen LogP contribution in [0.1, 0.15) is 25.0 Å². The molecular formula is C22H20. The Kier molecular flexibility index (Phi) is 3.11. The molecule has 108 valence electrons. The molecule has 4 aromatic carbocycles. The molecule has 0 radical (unpaired) electrons. The third-order valence-electron chi connectivity index (χ3n) is 4.82. The van der Waals surface area contributed by atoms with Crippen LogP contribution in [0.15, 0.2) is 60.7 Å². The van der Waals surface area contributed by atoms with Crippen molar-refractivity contribution < 1.29 is 0 Å². The van der Waals surface area contributed by atoms with Gasteiger partial charge in [0.2, 0.25) is 0 Å². The Morgan fingerprint density at radius 2 is 0.864 bits per heavy atom. The summed E-state index contributed by atoms with van der Waals surface area (Å²) in [7, 11) is 0. The number of hydrogen-bond acceptors (Lipinski definition) is 0. The number of hydrogen-bond donors (Lipinski definition) is 0. The Morgan fingerprint density at radius 3 is 1.23 bits per heavy atom. The molecule has 22 heavy (non-hydrogen) atoms. The second kappa shape index (κ2) is 5.14. The molecule has 4 aromatic rings. The Hall–Kier alpha value is -2.34. The second-order valence-corrected chi connectivity index (χ2v) is 5.93. The first-order valence-corrected chi connectivity index (χ1v) is 8.19. The molecule has 0 N–H and O–H groups in total. The Morgan fingerprint density at radius 1 is 0.500 bits per heavy atom. The Bertz CT molecular complexity index is 871. The average molecular weight is 284 g/mol. The SMILES string of the molecule is CCc1cccc2c3cccc(CC)c3c3ccccc3c12. The van der Waals surface area contributed by atoms with Gasteiger partial charge in [0.1, 0.15) is 0 Å². The summed E-state index contributed by atoms with van der Waals surface area (Å²) in [5.74, 6) is 0. The van der Waals surface area contributed by atoms with Crippen LogP contribution >= 0.6 is 0 Å². The van der Waals surface area contributed by atoms with Crippen molar-refractivity contribution in [3.8, 4) is 0 Å². The third-order valence-corrected chi connectivity index (χ3v) is 4.82. The number of benzene rings is 4. The molecule has 0 heterocycles. The molecule has 0 aromatic heterocycles. The molecule has 0 unspecified atom stereocenters. The van der Waals surface area contributed by atoms with E-state index in [2.05, 4.69) is 74.5 Å². The lowest BCUT2D eigenvalue weighted by Gasteiger charge is -2.15. The first kappa shape index (κ1) is 13.3. The number of aryl methyl sites for hydroxylation is 2. The lowest BCUT2D eigenvalue weighted by molar-refractivity contribution is 1.16. The van der Waals surface area contributed by atoms with Gasteiger partial charge in [0.25, 0.3) is 0 Å². The van der Waals surface area contributed by atoms with Crippen LogP contribution in [0.5, 0.6) is 0 Å². The molecule has 0 spiro atoms. The van der Waals surface area contributed by atoms with Gasteiger partial charge in [-0.2, -0.15) is 0 Å². The van der Waals surface area contributed by atoms with Crippen LogP contribution in [0.3, 0.4) is 0 Å². The monoisotopic (exact) mass is 284 g/mol. The summed E-state index contributed by atoms with van der Waals surface area (Å²) >= 11 is 0. The van der Waals surface area contributed by atoms with Crippen LogP contribution in [-0.4, -0.2) is 0 Å². The van der Waals surface area contributed by atoms with Crippen molar-refractivity contribution in [2.45, 2.75) is 26.7 Å². The predicted octanol–water partition coefficient (Wildman–Crippen LogP) is 6.27. The normalized spacial score (nSPS) is 11.5. The fourth-order valence-corrected chi connectivity index (χ4v) is 3.79. The van der Waals surface area contributed by atoms with Crippen molar-refractivity contribution in [2.75, 3.05) is 0 Å². The smallest absolute Gasteiger partial charge is 0.00670 e. The number of fused-ring (bicyclic) bond motifs is 6. The standard InChI is InChI=1S/C22H20/c1-3-15-9-7-13-19-20-14-8-10-16(4-2)22(20)18-12-6-5-11-17(18)21(15)19/h5-14H,3-4H2,1-2H3. The fraction of sp³-hybridized carbons (Fsp3) is 0.182. The largest absolute Gasteiger partial charge is 0.0616 e. The van der Waals surface area contributed by atoms with Gasteiger partial charge in [-0.3, -0.25) is 0 Å². The van der Waals surface area contributed by atoms with E-state index in [-0.39, 0.29) is 0 Å². The molecule has 0 amide bonds. The van der Waals surface area contributed by atoms with E-state index in [1.807, 2.05) is 0 Å². The average Bonchev–Trinajstić information content (AvgIpc) is 2.60. The van der Waals surface area contributed by atoms with Crippen molar-refractivity contribution in [1.29, 1.82) is 0 Å². The molecule has 0 fully saturated rings. The topological polar surface area (TPSA) is 0 Å². The molecule has 0 bridgehead atoms. The van der Waals surface area contributed by atoms with E-state index in [0.29, 0.717) is 0 Å². The van der Waals surface area contributed by atoms with Crippen molar-refractivity contribution >= 4 is 32.3 Å². The van der Waals surface area contributed by atoms with Crippen LogP contribution in [0.2, 0.25) is 0 Å². The highest BCUT2D eigenvalue weighted by molar-refractivity contribution is 6.26. The summed E-state index contributed by atoms with van der Waals surface area (Å²) in [5, 5.41) is 8.43. The minimum Gasteiger partial charge on any atom is -0.0616 e. The van der Waals surface area contributed by atoms with Gasteiger partial charge in [0.05, 0.1) is 0 Å². The molecule has 4 rings (SSSR count). The minimum absolute atomic E-state index is 1.07. The second-order valence-electron chi connectivity index (χ2n) is 5.93. The molecule has 0 aliphatic rings. The Labute approximate surface area is 131 Å². The van der Waals surface area contributed by atoms with Crippen molar-refractivity contribution in [3.63, 3.8) is 0 Å². The van der Waals surface area contributed by atoms with Crippen molar-refractivity contribution in [3.05, 3.63) is 71.8 Å². The first-order valence-electron chi connectivity index (χ1n) is 8.19. The van der Waals surface area contributed by atoms with E-state index in [0.717, 1.165) is 12.8 Å². The maximum atomic E-state index is 2.28. The molecule has 0 saturated carbocycles. The van der Waals surface area contributed by atoms with E-state index in [4.69, 9.17) is 0 Å². The van der Waals surface area contributed by atoms with Gasteiger partial charge in [-0.1, -0.05) is 74.5 Å². The lowest BCUT2D eigenvalue weighted by Crippen LogP contribution is -1.91. The van der Waals surface area contributed by atoms with E-state index in [1.165, 1.54) is 43.4 Å². The highest BCUT2D eigenvalue weighted by Gasteiger charge is 2.12. The zero-order valence-corrected chi connectivity index (χ0v) is 13.2. The van der Waals surface area contributed by atoms with Crippen molar-refractivity contribution in [2.24, 2.45) is 0 Å². The first-order chi connectivity index (χ1) is 10.8. The van der Waals surface area contributed by atoms with E-state index >= 15 is 0 Å². The number of rotatable bonds is 2. The van der Waals surface area contributed by atoms with Gasteiger partial charge in [0.15, 0.2) is 0 Å². The van der Waals surface area contributed by atoms with Gasteiger partial charge in [-0.05, 0) is 56.3 Å². The van der Waals surface area contributed by atoms with E-state index in [9.17, 15) is 0 Å². The summed E-state index contributed by atoms with van der Waals surface area (Å²) < 4.78 is 0. The zero-order valence-electron chi connectivity index (χ0n) is 13.2. The van der Waals surface area contributed by atoms with Crippen LogP contribution in [0.25, 0.3) is 32.3 Å². The zero-order chi connectivity index (χ0) is 15.1. The molecule has 0 nitrogen and oxygen atoms in total. The van der Waals surface area contributed by atoms with Gasteiger partial charge >= 0.3 is 0 Å². The molecule has 0 aliphatic heterocycles. The summed E-state index contributed by atoms with van der Waals surface area (Å²) in [6, 6.07) is 22.4. The molecule has 0 atom stereocenters. The molecular weight excluding hydrogens is 264 g/mol. The summed E-state index contributed by atoms with van der Waals surface area (Å²) in [4.78, 5) is 0. The minimum atomic E-state index is 1.07. The summed E-state index contributed by atoms with van der Waals surface area (Å²) in [6.07, 6.45) is 2.14. The summed E-state index contributed by atoms with van der Waals surface area (Å²) in [5.41, 5.74) is 2.88. The maximum Gasteiger partial charge on any atom is -0.00670 e. The quantitative estimate of drug-likeness (QED) is 0.380. The highest BCUT2D eigenvalue weighted by Crippen LogP contribution is 2.38. The van der Waals surface area contributed by atoms with Crippen molar-refractivity contribution in [1.82, 2.24) is 0 Å². The molecule has 0 heteroatoms. The van der Waals surface area contributed by atoms with Crippen LogP contribution < -0.4 is 0 Å². The van der Waals surface area contributed by atoms with Crippen LogP contribution in [-0.2, 0) is 12.8 Å². The Balaban J connectivity index is 2.40. The summed E-state index contributed by atoms with van der Waals surface area (Å²) in [6.45, 7) is 4.49. The highest BCUT2D eigenvalue weighted by atomic mass is 14.2. The van der Waals surface area contributed by atoms with E-state index < -0.39 is 0 Å². The molecule has 0 aliphatic carbocycles. The maximum absolute atomic E-state index is 2.28. The van der Waals surface area contributed by atoms with Gasteiger partial charge in [-0.15, -0.1) is 0 Å². The van der Waals surface area contributed by atoms with Gasteiger partial charge < -0.3 is 0 Å².